The van der Waals surface area contributed by atoms with Crippen LogP contribution in [0.3, 0.4) is 0 Å². The fraction of sp³-hybridized carbons (Fsp3) is 0.947. The number of Topliss-reactive ketones (excluding diaryl/α,β-unsaturated/α-hetero) is 1. The second-order valence-electron chi connectivity index (χ2n) is 7.94. The van der Waals surface area contributed by atoms with E-state index in [0.29, 0.717) is 22.6 Å². The van der Waals surface area contributed by atoms with Gasteiger partial charge in [-0.2, -0.15) is 39.5 Å². The maximum atomic E-state index is 12.2. The van der Waals surface area contributed by atoms with E-state index in [-0.39, 0.29) is 0 Å². The predicted octanol–water partition coefficient (Wildman–Crippen LogP) is 5.92. The van der Waals surface area contributed by atoms with Gasteiger partial charge >= 0.3 is 23.3 Å². The molecule has 0 aromatic rings. The number of alkyl halides is 9. The first-order valence-corrected chi connectivity index (χ1v) is 13.7. The molecule has 0 aromatic heterocycles. The summed E-state index contributed by atoms with van der Waals surface area (Å²) in [6.45, 7) is 4.50. The zero-order chi connectivity index (χ0) is 27.0. The van der Waals surface area contributed by atoms with Gasteiger partial charge in [0.2, 0.25) is 0 Å². The minimum Gasteiger partial charge on any atom is -0.743 e. The predicted molar refractivity (Wildman–Crippen MR) is 109 cm³/mol. The summed E-state index contributed by atoms with van der Waals surface area (Å²) >= 11 is 0. The number of halogens is 9. The lowest BCUT2D eigenvalue weighted by Crippen LogP contribution is -2.63. The van der Waals surface area contributed by atoms with Gasteiger partial charge in [0.1, 0.15) is 11.5 Å². The Bertz CT molecular complexity index is 727. The summed E-state index contributed by atoms with van der Waals surface area (Å²) in [5, 5.41) is -7.11. The number of unbranched alkanes of at least 4 members (excludes halogenated alkanes) is 2. The van der Waals surface area contributed by atoms with Crippen molar-refractivity contribution >= 4 is 26.8 Å². The third-order valence-corrected chi connectivity index (χ3v) is 8.47. The molecule has 0 radical (unpaired) electrons. The summed E-state index contributed by atoms with van der Waals surface area (Å²) in [6, 6.07) is 0. The Morgan fingerprint density at radius 1 is 0.853 bits per heavy atom. The molecule has 4 nitrogen and oxygen atoms in total. The lowest BCUT2D eigenvalue weighted by atomic mass is 10.0. The van der Waals surface area contributed by atoms with Gasteiger partial charge in [-0.25, -0.2) is 8.42 Å². The lowest BCUT2D eigenvalue weighted by molar-refractivity contribution is -0.382. The van der Waals surface area contributed by atoms with Gasteiger partial charge in [-0.05, 0) is 36.6 Å². The molecule has 0 N–H and O–H groups in total. The number of rotatable bonds is 12. The number of hydrogen-bond donors (Lipinski definition) is 0. The van der Waals surface area contributed by atoms with Crippen LogP contribution in [0.1, 0.15) is 65.2 Å². The van der Waals surface area contributed by atoms with E-state index in [2.05, 4.69) is 13.8 Å². The average Bonchev–Trinajstić information content (AvgIpc) is 3.23. The van der Waals surface area contributed by atoms with Crippen molar-refractivity contribution in [3.8, 4) is 0 Å². The molecule has 0 bridgehead atoms. The summed E-state index contributed by atoms with van der Waals surface area (Å²) < 4.78 is 135. The van der Waals surface area contributed by atoms with Gasteiger partial charge in [0.25, 0.3) is 0 Å². The van der Waals surface area contributed by atoms with Crippen LogP contribution in [0.15, 0.2) is 0 Å². The Balaban J connectivity index is 0.000000641. The van der Waals surface area contributed by atoms with Gasteiger partial charge in [-0.3, -0.25) is 4.79 Å². The highest BCUT2D eigenvalue weighted by molar-refractivity contribution is 7.97. The molecule has 1 fully saturated rings. The molecule has 0 aliphatic heterocycles. The van der Waals surface area contributed by atoms with Crippen LogP contribution in [-0.4, -0.2) is 59.3 Å². The number of ketones is 1. The molecule has 1 saturated carbocycles. The largest absolute Gasteiger partial charge is 0.743 e. The second-order valence-corrected chi connectivity index (χ2v) is 11.7. The van der Waals surface area contributed by atoms with Crippen LogP contribution < -0.4 is 0 Å². The van der Waals surface area contributed by atoms with Crippen LogP contribution in [-0.2, 0) is 25.8 Å². The van der Waals surface area contributed by atoms with Gasteiger partial charge in [0.05, 0.1) is 0 Å². The van der Waals surface area contributed by atoms with Crippen LogP contribution >= 0.6 is 0 Å². The molecule has 1 rings (SSSR count). The first-order valence-electron chi connectivity index (χ1n) is 10.6. The first kappa shape index (κ1) is 33.3. The standard InChI is InChI=1S/C15H29OS.C4HF9O3S/c1-3-5-11-17(12-6-4-2)13-15(16)14-9-7-8-10-14;5-1(6,3(9,10)11)2(7,8)4(12,13)17(14,15)16/h14H,3-13H2,1-2H3;(H,14,15,16)/q+1;/p-1. The molecule has 0 amide bonds. The fourth-order valence-corrected chi connectivity index (χ4v) is 5.99. The van der Waals surface area contributed by atoms with Crippen LogP contribution in [0.5, 0.6) is 0 Å². The molecule has 1 aliphatic carbocycles. The monoisotopic (exact) mass is 556 g/mol. The molecule has 0 unspecified atom stereocenters. The van der Waals surface area contributed by atoms with Crippen molar-refractivity contribution in [1.29, 1.82) is 0 Å². The molecule has 0 saturated heterocycles. The Morgan fingerprint density at radius 3 is 1.59 bits per heavy atom. The molecule has 34 heavy (non-hydrogen) atoms. The maximum absolute atomic E-state index is 12.2. The molecule has 0 heterocycles. The SMILES string of the molecule is CCCC[S+](CCCC)CC(=O)C1CCCC1.O=S(=O)([O-])C(F)(F)C(F)(F)C(F)(F)C(F)(F)F. The summed E-state index contributed by atoms with van der Waals surface area (Å²) in [7, 11) is -7.02. The number of carbonyl (C=O) groups excluding carboxylic acids is 1. The van der Waals surface area contributed by atoms with E-state index in [0.717, 1.165) is 5.75 Å². The van der Waals surface area contributed by atoms with Crippen molar-refractivity contribution in [3.05, 3.63) is 0 Å². The first-order chi connectivity index (χ1) is 15.3. The third-order valence-electron chi connectivity index (χ3n) is 5.16. The minimum atomic E-state index is -7.43. The van der Waals surface area contributed by atoms with Crippen molar-refractivity contribution < 1.29 is 57.3 Å². The normalized spacial score (nSPS) is 16.5. The highest BCUT2D eigenvalue weighted by Crippen LogP contribution is 2.54. The molecular weight excluding hydrogens is 527 g/mol. The summed E-state index contributed by atoms with van der Waals surface area (Å²) in [5.74, 6) is -10.3. The Kier molecular flexibility index (Phi) is 12.8. The maximum Gasteiger partial charge on any atom is 0.460 e. The Hall–Kier alpha value is -0.700. The molecule has 0 atom stereocenters. The van der Waals surface area contributed by atoms with Crippen molar-refractivity contribution in [2.45, 2.75) is 88.5 Å². The highest BCUT2D eigenvalue weighted by Gasteiger charge is 2.83. The summed E-state index contributed by atoms with van der Waals surface area (Å²) in [4.78, 5) is 12.2. The van der Waals surface area contributed by atoms with E-state index in [1.165, 1.54) is 62.9 Å². The quantitative estimate of drug-likeness (QED) is 0.170. The molecule has 0 aromatic carbocycles. The molecule has 15 heteroatoms. The van der Waals surface area contributed by atoms with E-state index >= 15 is 0 Å². The topological polar surface area (TPSA) is 74.3 Å². The summed E-state index contributed by atoms with van der Waals surface area (Å²) in [6.07, 6.45) is 2.93. The van der Waals surface area contributed by atoms with Gasteiger partial charge in [0.15, 0.2) is 21.7 Å². The van der Waals surface area contributed by atoms with E-state index in [1.54, 1.807) is 0 Å². The number of carbonyl (C=O) groups is 1. The second kappa shape index (κ2) is 13.0. The van der Waals surface area contributed by atoms with Crippen molar-refractivity contribution in [3.63, 3.8) is 0 Å². The zero-order valence-corrected chi connectivity index (χ0v) is 20.3. The van der Waals surface area contributed by atoms with Gasteiger partial charge in [0, 0.05) is 5.92 Å². The van der Waals surface area contributed by atoms with E-state index < -0.39 is 33.4 Å². The van der Waals surface area contributed by atoms with Crippen molar-refractivity contribution in [2.75, 3.05) is 17.3 Å². The Morgan fingerprint density at radius 2 is 1.26 bits per heavy atom. The highest BCUT2D eigenvalue weighted by atomic mass is 32.2. The minimum absolute atomic E-state index is 0.400. The molecule has 0 spiro atoms. The number of hydrogen-bond acceptors (Lipinski definition) is 4. The molecule has 1 aliphatic rings. The van der Waals surface area contributed by atoms with Crippen molar-refractivity contribution in [1.82, 2.24) is 0 Å². The van der Waals surface area contributed by atoms with E-state index in [1.807, 2.05) is 0 Å². The van der Waals surface area contributed by atoms with Crippen LogP contribution in [0.2, 0.25) is 0 Å². The lowest BCUT2D eigenvalue weighted by Gasteiger charge is -2.34. The van der Waals surface area contributed by atoms with E-state index in [9.17, 15) is 57.3 Å². The van der Waals surface area contributed by atoms with Gasteiger partial charge in [-0.1, -0.05) is 39.5 Å². The average molecular weight is 557 g/mol. The van der Waals surface area contributed by atoms with Crippen LogP contribution in [0.4, 0.5) is 39.5 Å². The smallest absolute Gasteiger partial charge is 0.460 e. The Labute approximate surface area is 196 Å². The molecule has 204 valence electrons. The summed E-state index contributed by atoms with van der Waals surface area (Å²) in [5.41, 5.74) is 0. The molecular formula is C19H29F9O4S2. The van der Waals surface area contributed by atoms with Gasteiger partial charge < -0.3 is 4.55 Å². The fourth-order valence-electron chi connectivity index (χ4n) is 3.03. The van der Waals surface area contributed by atoms with Crippen molar-refractivity contribution in [2.24, 2.45) is 5.92 Å². The third kappa shape index (κ3) is 8.45. The van der Waals surface area contributed by atoms with Gasteiger partial charge in [-0.15, -0.1) is 0 Å². The van der Waals surface area contributed by atoms with E-state index in [4.69, 9.17) is 0 Å². The van der Waals surface area contributed by atoms with Crippen LogP contribution in [0.25, 0.3) is 0 Å². The van der Waals surface area contributed by atoms with Crippen LogP contribution in [0, 0.1) is 5.92 Å². The zero-order valence-electron chi connectivity index (χ0n) is 18.7.